The molecule has 1 saturated heterocycles. The summed E-state index contributed by atoms with van der Waals surface area (Å²) in [5.74, 6) is 0.745. The maximum absolute atomic E-state index is 9.42. The number of aryl methyl sites for hydroxylation is 1. The summed E-state index contributed by atoms with van der Waals surface area (Å²) >= 11 is 0. The van der Waals surface area contributed by atoms with Gasteiger partial charge < -0.3 is 10.0 Å². The van der Waals surface area contributed by atoms with Crippen LogP contribution in [0.4, 0.5) is 0 Å². The van der Waals surface area contributed by atoms with Crippen LogP contribution in [-0.4, -0.2) is 39.9 Å². The fraction of sp³-hybridized carbons (Fsp3) is 0.700. The van der Waals surface area contributed by atoms with Gasteiger partial charge in [-0.05, 0) is 26.4 Å². The van der Waals surface area contributed by atoms with E-state index in [4.69, 9.17) is 0 Å². The molecule has 78 valence electrons. The molecule has 2 heterocycles. The lowest BCUT2D eigenvalue weighted by molar-refractivity contribution is 0.248. The van der Waals surface area contributed by atoms with Gasteiger partial charge in [0.25, 0.3) is 0 Å². The van der Waals surface area contributed by atoms with Crippen molar-refractivity contribution in [3.8, 4) is 5.88 Å². The molecule has 1 atom stereocenters. The van der Waals surface area contributed by atoms with Crippen molar-refractivity contribution < 1.29 is 5.11 Å². The molecule has 1 aliphatic heterocycles. The smallest absolute Gasteiger partial charge is 0.209 e. The van der Waals surface area contributed by atoms with Crippen molar-refractivity contribution in [3.63, 3.8) is 0 Å². The van der Waals surface area contributed by atoms with E-state index in [1.165, 1.54) is 24.1 Å². The van der Waals surface area contributed by atoms with Crippen LogP contribution in [0, 0.1) is 0 Å². The molecule has 0 aromatic carbocycles. The van der Waals surface area contributed by atoms with Crippen molar-refractivity contribution >= 4 is 0 Å². The van der Waals surface area contributed by atoms with Crippen LogP contribution in [0.5, 0.6) is 5.88 Å². The number of nitrogens with zero attached hydrogens (tertiary/aromatic N) is 3. The fourth-order valence-electron chi connectivity index (χ4n) is 2.09. The first-order chi connectivity index (χ1) is 6.66. The van der Waals surface area contributed by atoms with Crippen LogP contribution >= 0.6 is 0 Å². The summed E-state index contributed by atoms with van der Waals surface area (Å²) in [4.78, 5) is 2.32. The molecule has 0 bridgehead atoms. The van der Waals surface area contributed by atoms with Crippen molar-refractivity contribution in [3.05, 3.63) is 11.8 Å². The number of likely N-dealkylation sites (tertiary alicyclic amines) is 1. The van der Waals surface area contributed by atoms with Gasteiger partial charge in [-0.2, -0.15) is 5.10 Å². The van der Waals surface area contributed by atoms with E-state index >= 15 is 0 Å². The van der Waals surface area contributed by atoms with Gasteiger partial charge >= 0.3 is 0 Å². The molecule has 4 nitrogen and oxygen atoms in total. The molecule has 0 spiro atoms. The van der Waals surface area contributed by atoms with Gasteiger partial charge in [-0.3, -0.25) is 0 Å². The van der Waals surface area contributed by atoms with E-state index in [0.717, 1.165) is 12.2 Å². The second-order valence-electron chi connectivity index (χ2n) is 4.15. The highest BCUT2D eigenvalue weighted by Crippen LogP contribution is 2.26. The van der Waals surface area contributed by atoms with Crippen LogP contribution in [0.2, 0.25) is 0 Å². The van der Waals surface area contributed by atoms with Crippen LogP contribution in [0.25, 0.3) is 0 Å². The van der Waals surface area contributed by atoms with Gasteiger partial charge in [0.15, 0.2) is 0 Å². The van der Waals surface area contributed by atoms with Gasteiger partial charge in [-0.25, -0.2) is 4.68 Å². The molecular formula is C10H17N3O. The van der Waals surface area contributed by atoms with Crippen LogP contribution in [0.3, 0.4) is 0 Å². The van der Waals surface area contributed by atoms with Crippen molar-refractivity contribution in [1.29, 1.82) is 0 Å². The van der Waals surface area contributed by atoms with Crippen LogP contribution in [-0.2, 0) is 7.05 Å². The Balaban J connectivity index is 2.14. The normalized spacial score (nSPS) is 24.0. The van der Waals surface area contributed by atoms with E-state index in [-0.39, 0.29) is 5.88 Å². The lowest BCUT2D eigenvalue weighted by atomic mass is 9.95. The van der Waals surface area contributed by atoms with E-state index < -0.39 is 0 Å². The third kappa shape index (κ3) is 1.75. The maximum Gasteiger partial charge on any atom is 0.209 e. The molecule has 14 heavy (non-hydrogen) atoms. The first kappa shape index (κ1) is 9.52. The predicted molar refractivity (Wildman–Crippen MR) is 54.3 cm³/mol. The largest absolute Gasteiger partial charge is 0.493 e. The number of likely N-dealkylation sites (N-methyl/N-ethyl adjacent to an activating group) is 1. The number of hydrogen-bond acceptors (Lipinski definition) is 3. The Kier molecular flexibility index (Phi) is 2.46. The van der Waals surface area contributed by atoms with Gasteiger partial charge in [-0.1, -0.05) is 0 Å². The fourth-order valence-corrected chi connectivity index (χ4v) is 2.09. The monoisotopic (exact) mass is 195 g/mol. The Bertz CT molecular complexity index is 302. The van der Waals surface area contributed by atoms with E-state index in [1.807, 2.05) is 0 Å². The highest BCUT2D eigenvalue weighted by molar-refractivity contribution is 5.18. The van der Waals surface area contributed by atoms with Gasteiger partial charge in [-0.15, -0.1) is 0 Å². The van der Waals surface area contributed by atoms with Gasteiger partial charge in [0.2, 0.25) is 5.88 Å². The van der Waals surface area contributed by atoms with Crippen molar-refractivity contribution in [1.82, 2.24) is 14.7 Å². The molecule has 1 fully saturated rings. The summed E-state index contributed by atoms with van der Waals surface area (Å²) in [7, 11) is 3.90. The molecule has 0 aliphatic carbocycles. The van der Waals surface area contributed by atoms with Gasteiger partial charge in [0.1, 0.15) is 0 Å². The third-order valence-corrected chi connectivity index (χ3v) is 2.92. The summed E-state index contributed by atoms with van der Waals surface area (Å²) in [6, 6.07) is 1.78. The highest BCUT2D eigenvalue weighted by atomic mass is 16.3. The van der Waals surface area contributed by atoms with E-state index in [1.54, 1.807) is 13.1 Å². The zero-order valence-corrected chi connectivity index (χ0v) is 8.77. The first-order valence-electron chi connectivity index (χ1n) is 5.08. The van der Waals surface area contributed by atoms with Crippen LogP contribution < -0.4 is 0 Å². The maximum atomic E-state index is 9.42. The van der Waals surface area contributed by atoms with Crippen molar-refractivity contribution in [2.75, 3.05) is 20.1 Å². The standard InChI is InChI=1S/C10H17N3O/c1-12-5-3-4-8(7-12)9-6-10(14)13(2)11-9/h6,8,14H,3-5,7H2,1-2H3. The Hall–Kier alpha value is -1.03. The predicted octanol–water partition coefficient (Wildman–Crippen LogP) is 0.935. The van der Waals surface area contributed by atoms with Crippen molar-refractivity contribution in [2.45, 2.75) is 18.8 Å². The third-order valence-electron chi connectivity index (χ3n) is 2.92. The Morgan fingerprint density at radius 2 is 2.29 bits per heavy atom. The minimum absolute atomic E-state index is 0.258. The summed E-state index contributed by atoms with van der Waals surface area (Å²) in [6.45, 7) is 2.23. The average Bonchev–Trinajstić information content (AvgIpc) is 2.47. The summed E-state index contributed by atoms with van der Waals surface area (Å²) in [6.07, 6.45) is 2.40. The van der Waals surface area contributed by atoms with E-state index in [2.05, 4.69) is 17.0 Å². The number of piperidine rings is 1. The van der Waals surface area contributed by atoms with Crippen LogP contribution in [0.1, 0.15) is 24.5 Å². The summed E-state index contributed by atoms with van der Waals surface area (Å²) in [5, 5.41) is 13.7. The minimum atomic E-state index is 0.258. The van der Waals surface area contributed by atoms with E-state index in [9.17, 15) is 5.11 Å². The van der Waals surface area contributed by atoms with E-state index in [0.29, 0.717) is 5.92 Å². The summed E-state index contributed by atoms with van der Waals surface area (Å²) < 4.78 is 1.53. The zero-order chi connectivity index (χ0) is 10.1. The quantitative estimate of drug-likeness (QED) is 0.725. The first-order valence-corrected chi connectivity index (χ1v) is 5.08. The Morgan fingerprint density at radius 1 is 1.50 bits per heavy atom. The van der Waals surface area contributed by atoms with Gasteiger partial charge in [0, 0.05) is 25.6 Å². The molecule has 2 rings (SSSR count). The van der Waals surface area contributed by atoms with Crippen LogP contribution in [0.15, 0.2) is 6.07 Å². The summed E-state index contributed by atoms with van der Waals surface area (Å²) in [5.41, 5.74) is 1.02. The number of rotatable bonds is 1. The minimum Gasteiger partial charge on any atom is -0.493 e. The Morgan fingerprint density at radius 3 is 2.86 bits per heavy atom. The second-order valence-corrected chi connectivity index (χ2v) is 4.15. The van der Waals surface area contributed by atoms with Crippen molar-refractivity contribution in [2.24, 2.45) is 7.05 Å². The topological polar surface area (TPSA) is 41.3 Å². The molecule has 1 aliphatic rings. The SMILES string of the molecule is CN1CCCC(c2cc(O)n(C)n2)C1. The number of aromatic nitrogens is 2. The molecular weight excluding hydrogens is 178 g/mol. The highest BCUT2D eigenvalue weighted by Gasteiger charge is 2.21. The molecule has 0 amide bonds. The molecule has 1 aromatic heterocycles. The number of hydrogen-bond donors (Lipinski definition) is 1. The lowest BCUT2D eigenvalue weighted by Gasteiger charge is -2.28. The molecule has 4 heteroatoms. The lowest BCUT2D eigenvalue weighted by Crippen LogP contribution is -2.31. The molecule has 1 aromatic rings. The average molecular weight is 195 g/mol. The number of aromatic hydroxyl groups is 1. The Labute approximate surface area is 84.1 Å². The molecule has 0 saturated carbocycles. The van der Waals surface area contributed by atoms with Gasteiger partial charge in [0.05, 0.1) is 5.69 Å². The molecule has 0 radical (unpaired) electrons. The second kappa shape index (κ2) is 3.61. The molecule has 1 N–H and O–H groups in total. The zero-order valence-electron chi connectivity index (χ0n) is 8.77. The molecule has 1 unspecified atom stereocenters.